The quantitative estimate of drug-likeness (QED) is 0.508. The zero-order valence-electron chi connectivity index (χ0n) is 15.7. The summed E-state index contributed by atoms with van der Waals surface area (Å²) >= 11 is 13.3. The van der Waals surface area contributed by atoms with E-state index in [4.69, 9.17) is 32.7 Å². The van der Waals surface area contributed by atoms with Crippen molar-refractivity contribution < 1.29 is 14.3 Å². The predicted molar refractivity (Wildman–Crippen MR) is 114 cm³/mol. The predicted octanol–water partition coefficient (Wildman–Crippen LogP) is 4.44. The molecule has 0 aliphatic carbocycles. The van der Waals surface area contributed by atoms with Crippen LogP contribution >= 0.6 is 35.0 Å². The van der Waals surface area contributed by atoms with E-state index < -0.39 is 0 Å². The van der Waals surface area contributed by atoms with Crippen LogP contribution in [0.5, 0.6) is 11.5 Å². The molecule has 1 N–H and O–H groups in total. The largest absolute Gasteiger partial charge is 0.497 e. The van der Waals surface area contributed by atoms with Crippen molar-refractivity contribution in [1.82, 2.24) is 14.8 Å². The van der Waals surface area contributed by atoms with Gasteiger partial charge in [0.15, 0.2) is 11.0 Å². The highest BCUT2D eigenvalue weighted by atomic mass is 35.5. The second-order valence-corrected chi connectivity index (χ2v) is 7.68. The van der Waals surface area contributed by atoms with Gasteiger partial charge in [0.05, 0.1) is 17.9 Å². The van der Waals surface area contributed by atoms with E-state index in [1.54, 1.807) is 42.0 Å². The number of hydrogen-bond acceptors (Lipinski definition) is 6. The van der Waals surface area contributed by atoms with E-state index in [1.807, 2.05) is 19.2 Å². The van der Waals surface area contributed by atoms with Gasteiger partial charge >= 0.3 is 0 Å². The molecular formula is C19H18Cl2N4O3S. The van der Waals surface area contributed by atoms with Crippen molar-refractivity contribution in [1.29, 1.82) is 0 Å². The first-order chi connectivity index (χ1) is 14.0. The van der Waals surface area contributed by atoms with Gasteiger partial charge in [0.2, 0.25) is 5.91 Å². The van der Waals surface area contributed by atoms with Crippen LogP contribution in [0, 0.1) is 0 Å². The fraction of sp³-hybridized carbons (Fsp3) is 0.211. The fourth-order valence-electron chi connectivity index (χ4n) is 2.36. The van der Waals surface area contributed by atoms with E-state index in [-0.39, 0.29) is 18.3 Å². The first kappa shape index (κ1) is 21.3. The van der Waals surface area contributed by atoms with Gasteiger partial charge in [-0.15, -0.1) is 10.2 Å². The zero-order valence-corrected chi connectivity index (χ0v) is 18.0. The molecule has 7 nitrogen and oxygen atoms in total. The van der Waals surface area contributed by atoms with Crippen molar-refractivity contribution in [2.24, 2.45) is 7.05 Å². The molecule has 3 aromatic rings. The SMILES string of the molecule is COc1cccc(NC(=O)CSc2nnc(COc3ccc(Cl)cc3Cl)n2C)c1. The molecule has 3 rings (SSSR count). The number of benzene rings is 2. The third-order valence-electron chi connectivity index (χ3n) is 3.86. The van der Waals surface area contributed by atoms with E-state index in [9.17, 15) is 4.79 Å². The molecule has 2 aromatic carbocycles. The van der Waals surface area contributed by atoms with Crippen LogP contribution in [0.25, 0.3) is 0 Å². The van der Waals surface area contributed by atoms with Gasteiger partial charge < -0.3 is 19.4 Å². The first-order valence-electron chi connectivity index (χ1n) is 8.49. The molecule has 0 unspecified atom stereocenters. The van der Waals surface area contributed by atoms with Crippen LogP contribution in [0.15, 0.2) is 47.6 Å². The van der Waals surface area contributed by atoms with Crippen molar-refractivity contribution in [2.45, 2.75) is 11.8 Å². The Balaban J connectivity index is 1.54. The minimum absolute atomic E-state index is 0.156. The molecule has 29 heavy (non-hydrogen) atoms. The second-order valence-electron chi connectivity index (χ2n) is 5.89. The van der Waals surface area contributed by atoms with Gasteiger partial charge in [0, 0.05) is 23.8 Å². The van der Waals surface area contributed by atoms with Gasteiger partial charge in [-0.1, -0.05) is 41.0 Å². The molecule has 0 aliphatic rings. The fourth-order valence-corrected chi connectivity index (χ4v) is 3.55. The number of amides is 1. The Morgan fingerprint density at radius 2 is 2.03 bits per heavy atom. The number of rotatable bonds is 8. The van der Waals surface area contributed by atoms with Crippen LogP contribution < -0.4 is 14.8 Å². The Hall–Kier alpha value is -2.42. The summed E-state index contributed by atoms with van der Waals surface area (Å²) in [6.07, 6.45) is 0. The summed E-state index contributed by atoms with van der Waals surface area (Å²) in [7, 11) is 3.39. The van der Waals surface area contributed by atoms with E-state index >= 15 is 0 Å². The molecule has 0 saturated heterocycles. The lowest BCUT2D eigenvalue weighted by Crippen LogP contribution is -2.14. The molecule has 1 amide bonds. The molecule has 10 heteroatoms. The summed E-state index contributed by atoms with van der Waals surface area (Å²) in [6.45, 7) is 0.182. The zero-order chi connectivity index (χ0) is 20.8. The van der Waals surface area contributed by atoms with Crippen LogP contribution in [-0.2, 0) is 18.4 Å². The van der Waals surface area contributed by atoms with Crippen LogP contribution in [-0.4, -0.2) is 33.5 Å². The molecule has 1 heterocycles. The number of halogens is 2. The lowest BCUT2D eigenvalue weighted by molar-refractivity contribution is -0.113. The summed E-state index contributed by atoms with van der Waals surface area (Å²) in [5, 5.41) is 12.6. The van der Waals surface area contributed by atoms with E-state index in [1.165, 1.54) is 11.8 Å². The maximum absolute atomic E-state index is 12.2. The summed E-state index contributed by atoms with van der Waals surface area (Å²) in [5.41, 5.74) is 0.668. The van der Waals surface area contributed by atoms with Gasteiger partial charge in [-0.25, -0.2) is 0 Å². The number of aromatic nitrogens is 3. The van der Waals surface area contributed by atoms with Crippen LogP contribution in [0.4, 0.5) is 5.69 Å². The number of ether oxygens (including phenoxy) is 2. The average Bonchev–Trinajstić information content (AvgIpc) is 3.05. The van der Waals surface area contributed by atoms with Crippen molar-refractivity contribution in [3.05, 3.63) is 58.3 Å². The second kappa shape index (κ2) is 9.87. The third-order valence-corrected chi connectivity index (χ3v) is 5.41. The van der Waals surface area contributed by atoms with Gasteiger partial charge in [-0.2, -0.15) is 0 Å². The van der Waals surface area contributed by atoms with Gasteiger partial charge in [-0.05, 0) is 30.3 Å². The van der Waals surface area contributed by atoms with E-state index in [0.29, 0.717) is 38.2 Å². The maximum Gasteiger partial charge on any atom is 0.234 e. The number of nitrogens with zero attached hydrogens (tertiary/aromatic N) is 3. The van der Waals surface area contributed by atoms with E-state index in [0.717, 1.165) is 0 Å². The molecule has 0 fully saturated rings. The van der Waals surface area contributed by atoms with E-state index in [2.05, 4.69) is 15.5 Å². The molecule has 0 radical (unpaired) electrons. The van der Waals surface area contributed by atoms with Crippen LogP contribution in [0.3, 0.4) is 0 Å². The minimum atomic E-state index is -0.156. The van der Waals surface area contributed by atoms with Crippen molar-refractivity contribution in [3.8, 4) is 11.5 Å². The van der Waals surface area contributed by atoms with Crippen molar-refractivity contribution >= 4 is 46.6 Å². The summed E-state index contributed by atoms with van der Waals surface area (Å²) in [6, 6.07) is 12.2. The highest BCUT2D eigenvalue weighted by Gasteiger charge is 2.13. The van der Waals surface area contributed by atoms with Crippen molar-refractivity contribution in [2.75, 3.05) is 18.2 Å². The standard InChI is InChI=1S/C19H18Cl2N4O3S/c1-25-17(10-28-16-7-6-12(20)8-15(16)21)23-24-19(25)29-11-18(26)22-13-4-3-5-14(9-13)27-2/h3-9H,10-11H2,1-2H3,(H,22,26). The van der Waals surface area contributed by atoms with Gasteiger partial charge in [0.25, 0.3) is 0 Å². The smallest absolute Gasteiger partial charge is 0.234 e. The molecule has 152 valence electrons. The molecule has 0 spiro atoms. The maximum atomic E-state index is 12.2. The minimum Gasteiger partial charge on any atom is -0.497 e. The number of thioether (sulfide) groups is 1. The number of methoxy groups -OCH3 is 1. The molecule has 0 bridgehead atoms. The number of nitrogens with one attached hydrogen (secondary N) is 1. The average molecular weight is 453 g/mol. The molecule has 1 aromatic heterocycles. The number of carbonyl (C=O) groups is 1. The Kier molecular flexibility index (Phi) is 7.24. The van der Waals surface area contributed by atoms with Gasteiger partial charge in [-0.3, -0.25) is 4.79 Å². The Labute approximate surface area is 182 Å². The summed E-state index contributed by atoms with van der Waals surface area (Å²) in [4.78, 5) is 12.2. The highest BCUT2D eigenvalue weighted by molar-refractivity contribution is 7.99. The Morgan fingerprint density at radius 3 is 2.79 bits per heavy atom. The Bertz CT molecular complexity index is 1010. The highest BCUT2D eigenvalue weighted by Crippen LogP contribution is 2.28. The third kappa shape index (κ3) is 5.79. The van der Waals surface area contributed by atoms with Crippen LogP contribution in [0.2, 0.25) is 10.0 Å². The van der Waals surface area contributed by atoms with Gasteiger partial charge in [0.1, 0.15) is 18.1 Å². The monoisotopic (exact) mass is 452 g/mol. The number of carbonyl (C=O) groups excluding carboxylic acids is 1. The summed E-state index contributed by atoms with van der Waals surface area (Å²) in [5.74, 6) is 1.82. The lowest BCUT2D eigenvalue weighted by atomic mass is 10.3. The first-order valence-corrected chi connectivity index (χ1v) is 10.2. The number of anilines is 1. The Morgan fingerprint density at radius 1 is 1.21 bits per heavy atom. The molecule has 0 saturated carbocycles. The molecule has 0 aliphatic heterocycles. The van der Waals surface area contributed by atoms with Crippen LogP contribution in [0.1, 0.15) is 5.82 Å². The molecular weight excluding hydrogens is 435 g/mol. The topological polar surface area (TPSA) is 78.3 Å². The van der Waals surface area contributed by atoms with Crippen molar-refractivity contribution in [3.63, 3.8) is 0 Å². The normalized spacial score (nSPS) is 10.6. The number of hydrogen-bond donors (Lipinski definition) is 1. The molecule has 0 atom stereocenters. The summed E-state index contributed by atoms with van der Waals surface area (Å²) < 4.78 is 12.6. The lowest BCUT2D eigenvalue weighted by Gasteiger charge is -2.08.